The summed E-state index contributed by atoms with van der Waals surface area (Å²) in [5.74, 6) is -0.509. The first-order chi connectivity index (χ1) is 7.66. The number of nitrogens with one attached hydrogen (secondary N) is 1. The van der Waals surface area contributed by atoms with Crippen LogP contribution in [0.1, 0.15) is 18.5 Å². The fourth-order valence-corrected chi connectivity index (χ4v) is 1.91. The number of aromatic nitrogens is 2. The monoisotopic (exact) mass is 239 g/mol. The first-order valence-electron chi connectivity index (χ1n) is 4.69. The molecule has 4 nitrogen and oxygen atoms in total. The van der Waals surface area contributed by atoms with Crippen LogP contribution in [0, 0.1) is 5.82 Å². The minimum atomic E-state index is -0.451. The Balaban J connectivity index is 2.17. The minimum Gasteiger partial charge on any atom is -0.507 e. The Morgan fingerprint density at radius 1 is 1.50 bits per heavy atom. The Kier molecular flexibility index (Phi) is 3.00. The van der Waals surface area contributed by atoms with Gasteiger partial charge in [0.05, 0.1) is 12.2 Å². The van der Waals surface area contributed by atoms with Crippen LogP contribution in [0.3, 0.4) is 0 Å². The topological polar surface area (TPSA) is 58.0 Å². The number of rotatable bonds is 3. The highest BCUT2D eigenvalue weighted by molar-refractivity contribution is 7.09. The molecule has 2 aromatic rings. The molecule has 0 saturated carbocycles. The maximum Gasteiger partial charge on any atom is 0.130 e. The van der Waals surface area contributed by atoms with Gasteiger partial charge in [0.1, 0.15) is 16.6 Å². The van der Waals surface area contributed by atoms with Crippen LogP contribution in [0.15, 0.2) is 24.4 Å². The van der Waals surface area contributed by atoms with E-state index in [4.69, 9.17) is 0 Å². The molecule has 0 saturated heterocycles. The first kappa shape index (κ1) is 10.8. The number of aromatic hydroxyl groups is 1. The van der Waals surface area contributed by atoms with E-state index in [2.05, 4.69) is 14.9 Å². The van der Waals surface area contributed by atoms with E-state index in [1.54, 1.807) is 12.3 Å². The predicted molar refractivity (Wildman–Crippen MR) is 60.0 cm³/mol. The van der Waals surface area contributed by atoms with Crippen LogP contribution < -0.4 is 5.32 Å². The van der Waals surface area contributed by atoms with Crippen LogP contribution in [-0.4, -0.2) is 14.7 Å². The molecule has 0 aliphatic carbocycles. The molecular weight excluding hydrogens is 229 g/mol. The minimum absolute atomic E-state index is 0.0579. The fourth-order valence-electron chi connectivity index (χ4n) is 1.40. The maximum atomic E-state index is 12.8. The van der Waals surface area contributed by atoms with Gasteiger partial charge in [0, 0.05) is 23.2 Å². The number of benzene rings is 1. The van der Waals surface area contributed by atoms with Crippen molar-refractivity contribution in [3.8, 4) is 5.75 Å². The molecule has 0 bridgehead atoms. The van der Waals surface area contributed by atoms with Gasteiger partial charge in [-0.1, -0.05) is 10.6 Å². The van der Waals surface area contributed by atoms with Crippen molar-refractivity contribution in [3.05, 3.63) is 35.8 Å². The molecule has 1 heterocycles. The highest BCUT2D eigenvalue weighted by Gasteiger charge is 2.11. The zero-order chi connectivity index (χ0) is 11.5. The van der Waals surface area contributed by atoms with Crippen molar-refractivity contribution in [1.82, 2.24) is 9.59 Å². The van der Waals surface area contributed by atoms with E-state index in [0.29, 0.717) is 5.56 Å². The average Bonchev–Trinajstić information content (AvgIpc) is 2.70. The van der Waals surface area contributed by atoms with E-state index in [1.807, 2.05) is 6.92 Å². The summed E-state index contributed by atoms with van der Waals surface area (Å²) in [6, 6.07) is 3.83. The molecule has 1 unspecified atom stereocenters. The Morgan fingerprint density at radius 2 is 2.31 bits per heavy atom. The number of halogens is 1. The molecule has 0 aliphatic heterocycles. The standard InChI is InChI=1S/C10H10FN3OS/c1-6(13-10-5-12-14-16-10)8-3-2-7(11)4-9(8)15/h2-6,13,15H,1H3. The highest BCUT2D eigenvalue weighted by Crippen LogP contribution is 2.28. The fraction of sp³-hybridized carbons (Fsp3) is 0.200. The van der Waals surface area contributed by atoms with E-state index in [9.17, 15) is 9.50 Å². The van der Waals surface area contributed by atoms with Crippen molar-refractivity contribution < 1.29 is 9.50 Å². The summed E-state index contributed by atoms with van der Waals surface area (Å²) in [7, 11) is 0. The molecule has 16 heavy (non-hydrogen) atoms. The summed E-state index contributed by atoms with van der Waals surface area (Å²) >= 11 is 1.23. The summed E-state index contributed by atoms with van der Waals surface area (Å²) in [5, 5.41) is 17.2. The molecule has 1 aromatic heterocycles. The lowest BCUT2D eigenvalue weighted by molar-refractivity contribution is 0.459. The Bertz CT molecular complexity index is 475. The maximum absolute atomic E-state index is 12.8. The van der Waals surface area contributed by atoms with Crippen molar-refractivity contribution in [3.63, 3.8) is 0 Å². The van der Waals surface area contributed by atoms with Gasteiger partial charge in [-0.3, -0.25) is 0 Å². The lowest BCUT2D eigenvalue weighted by atomic mass is 10.1. The zero-order valence-electron chi connectivity index (χ0n) is 8.51. The van der Waals surface area contributed by atoms with Gasteiger partial charge in [-0.05, 0) is 13.0 Å². The van der Waals surface area contributed by atoms with Crippen LogP contribution in [0.2, 0.25) is 0 Å². The van der Waals surface area contributed by atoms with Crippen LogP contribution in [0.5, 0.6) is 5.75 Å². The zero-order valence-corrected chi connectivity index (χ0v) is 9.33. The summed E-state index contributed by atoms with van der Waals surface area (Å²) in [6.45, 7) is 1.87. The summed E-state index contributed by atoms with van der Waals surface area (Å²) in [5.41, 5.74) is 0.634. The number of hydrogen-bond donors (Lipinski definition) is 2. The summed E-state index contributed by atoms with van der Waals surface area (Å²) < 4.78 is 16.5. The summed E-state index contributed by atoms with van der Waals surface area (Å²) in [4.78, 5) is 0. The Hall–Kier alpha value is -1.69. The van der Waals surface area contributed by atoms with Crippen molar-refractivity contribution >= 4 is 16.5 Å². The molecule has 0 spiro atoms. The quantitative estimate of drug-likeness (QED) is 0.864. The van der Waals surface area contributed by atoms with Gasteiger partial charge in [-0.15, -0.1) is 5.10 Å². The summed E-state index contributed by atoms with van der Waals surface area (Å²) in [6.07, 6.45) is 1.60. The van der Waals surface area contributed by atoms with Crippen LogP contribution in [0.25, 0.3) is 0 Å². The molecule has 0 amide bonds. The largest absolute Gasteiger partial charge is 0.507 e. The molecule has 2 rings (SSSR count). The van der Waals surface area contributed by atoms with Gasteiger partial charge < -0.3 is 10.4 Å². The molecule has 6 heteroatoms. The highest BCUT2D eigenvalue weighted by atomic mass is 32.1. The first-order valence-corrected chi connectivity index (χ1v) is 5.46. The van der Waals surface area contributed by atoms with E-state index in [0.717, 1.165) is 11.1 Å². The third kappa shape index (κ3) is 2.27. The Morgan fingerprint density at radius 3 is 2.94 bits per heavy atom. The molecule has 84 valence electrons. The average molecular weight is 239 g/mol. The van der Waals surface area contributed by atoms with Crippen LogP contribution in [-0.2, 0) is 0 Å². The second kappa shape index (κ2) is 4.44. The number of phenolic OH excluding ortho intramolecular Hbond substituents is 1. The second-order valence-electron chi connectivity index (χ2n) is 3.35. The smallest absolute Gasteiger partial charge is 0.130 e. The van der Waals surface area contributed by atoms with Crippen molar-refractivity contribution in [2.24, 2.45) is 0 Å². The third-order valence-electron chi connectivity index (χ3n) is 2.18. The van der Waals surface area contributed by atoms with E-state index < -0.39 is 5.82 Å². The molecule has 0 fully saturated rings. The van der Waals surface area contributed by atoms with E-state index in [-0.39, 0.29) is 11.8 Å². The van der Waals surface area contributed by atoms with E-state index >= 15 is 0 Å². The predicted octanol–water partition coefficient (Wildman–Crippen LogP) is 2.56. The number of anilines is 1. The molecule has 1 aromatic carbocycles. The van der Waals surface area contributed by atoms with Crippen molar-refractivity contribution in [1.29, 1.82) is 0 Å². The van der Waals surface area contributed by atoms with E-state index in [1.165, 1.54) is 17.6 Å². The van der Waals surface area contributed by atoms with Crippen molar-refractivity contribution in [2.75, 3.05) is 5.32 Å². The Labute approximate surface area is 95.9 Å². The lowest BCUT2D eigenvalue weighted by Crippen LogP contribution is -2.05. The van der Waals surface area contributed by atoms with Crippen LogP contribution >= 0.6 is 11.5 Å². The van der Waals surface area contributed by atoms with Gasteiger partial charge in [0.25, 0.3) is 0 Å². The van der Waals surface area contributed by atoms with Gasteiger partial charge in [0.15, 0.2) is 0 Å². The van der Waals surface area contributed by atoms with Gasteiger partial charge in [0.2, 0.25) is 0 Å². The van der Waals surface area contributed by atoms with Gasteiger partial charge in [-0.2, -0.15) is 0 Å². The van der Waals surface area contributed by atoms with Gasteiger partial charge in [-0.25, -0.2) is 4.39 Å². The normalized spacial score (nSPS) is 12.4. The molecule has 0 aliphatic rings. The molecular formula is C10H10FN3OS. The van der Waals surface area contributed by atoms with Crippen molar-refractivity contribution in [2.45, 2.75) is 13.0 Å². The van der Waals surface area contributed by atoms with Gasteiger partial charge >= 0.3 is 0 Å². The lowest BCUT2D eigenvalue weighted by Gasteiger charge is -2.14. The van der Waals surface area contributed by atoms with Crippen LogP contribution in [0.4, 0.5) is 9.39 Å². The molecule has 2 N–H and O–H groups in total. The SMILES string of the molecule is CC(Nc1cnns1)c1ccc(F)cc1O. The third-order valence-corrected chi connectivity index (χ3v) is 2.77. The number of hydrogen-bond acceptors (Lipinski definition) is 5. The molecule has 0 radical (unpaired) electrons. The number of nitrogens with zero attached hydrogens (tertiary/aromatic N) is 2. The molecule has 1 atom stereocenters. The number of phenols is 1. The second-order valence-corrected chi connectivity index (χ2v) is 4.14.